The van der Waals surface area contributed by atoms with E-state index in [-0.39, 0.29) is 0 Å². The van der Waals surface area contributed by atoms with Crippen molar-refractivity contribution in [3.63, 3.8) is 0 Å². The summed E-state index contributed by atoms with van der Waals surface area (Å²) in [5.74, 6) is 0. The van der Waals surface area contributed by atoms with Crippen LogP contribution in [0.2, 0.25) is 0 Å². The third-order valence-corrected chi connectivity index (χ3v) is 3.17. The second kappa shape index (κ2) is 7.19. The highest BCUT2D eigenvalue weighted by atomic mass is 35.5. The lowest BCUT2D eigenvalue weighted by atomic mass is 10.1. The Labute approximate surface area is 127 Å². The van der Waals surface area contributed by atoms with E-state index in [2.05, 4.69) is 16.3 Å². The summed E-state index contributed by atoms with van der Waals surface area (Å²) in [7, 11) is 0. The molecule has 4 nitrogen and oxygen atoms in total. The molecule has 0 aliphatic rings. The molecule has 0 aliphatic heterocycles. The maximum absolute atomic E-state index is 8.73. The molecule has 0 heterocycles. The van der Waals surface area contributed by atoms with Gasteiger partial charge in [-0.1, -0.05) is 35.9 Å². The van der Waals surface area contributed by atoms with Crippen LogP contribution in [0, 0.1) is 22.7 Å². The van der Waals surface area contributed by atoms with Gasteiger partial charge in [-0.2, -0.15) is 20.8 Å². The van der Waals surface area contributed by atoms with Crippen LogP contribution >= 0.6 is 11.6 Å². The fourth-order valence-corrected chi connectivity index (χ4v) is 1.87. The van der Waals surface area contributed by atoms with Crippen LogP contribution in [0.5, 0.6) is 0 Å². The molecule has 0 aliphatic carbocycles. The quantitative estimate of drug-likeness (QED) is 0.478. The molecule has 2 rings (SSSR count). The minimum atomic E-state index is -0.573. The summed E-state index contributed by atoms with van der Waals surface area (Å²) in [4.78, 5) is 0. The number of azo groups is 1. The lowest BCUT2D eigenvalue weighted by Crippen LogP contribution is -1.87. The van der Waals surface area contributed by atoms with E-state index in [1.54, 1.807) is 36.4 Å². The standard InChI is InChI=1S/C16H11ClN4/c17-16(15-7-5-13(10-19)6-8-15)21-20-11-14-3-1-12(9-18)2-4-14/h1-8,16H,11H2. The lowest BCUT2D eigenvalue weighted by molar-refractivity contribution is 0.829. The summed E-state index contributed by atoms with van der Waals surface area (Å²) in [6.07, 6.45) is 0. The molecule has 0 fully saturated rings. The molecule has 0 saturated carbocycles. The molecular weight excluding hydrogens is 284 g/mol. The van der Waals surface area contributed by atoms with Crippen LogP contribution in [-0.4, -0.2) is 0 Å². The minimum absolute atomic E-state index is 0.408. The predicted octanol–water partition coefficient (Wildman–Crippen LogP) is 4.32. The molecule has 5 heteroatoms. The largest absolute Gasteiger partial charge is 0.192 e. The summed E-state index contributed by atoms with van der Waals surface area (Å²) in [6.45, 7) is 0.408. The third-order valence-electron chi connectivity index (χ3n) is 2.83. The van der Waals surface area contributed by atoms with Gasteiger partial charge in [0, 0.05) is 0 Å². The molecule has 0 bridgehead atoms. The Kier molecular flexibility index (Phi) is 5.04. The number of hydrogen-bond acceptors (Lipinski definition) is 4. The second-order valence-electron chi connectivity index (χ2n) is 4.29. The first kappa shape index (κ1) is 14.7. The number of nitrogens with zero attached hydrogens (tertiary/aromatic N) is 4. The van der Waals surface area contributed by atoms with Crippen molar-refractivity contribution >= 4 is 11.6 Å². The zero-order valence-corrected chi connectivity index (χ0v) is 11.8. The van der Waals surface area contributed by atoms with Crippen molar-refractivity contribution in [3.8, 4) is 12.1 Å². The van der Waals surface area contributed by atoms with E-state index in [1.165, 1.54) is 0 Å². The van der Waals surface area contributed by atoms with Gasteiger partial charge in [-0.05, 0) is 35.4 Å². The number of hydrogen-bond donors (Lipinski definition) is 0. The van der Waals surface area contributed by atoms with Gasteiger partial charge in [0.2, 0.25) is 0 Å². The summed E-state index contributed by atoms with van der Waals surface area (Å²) in [6, 6.07) is 18.2. The molecule has 0 amide bonds. The van der Waals surface area contributed by atoms with E-state index in [1.807, 2.05) is 18.2 Å². The molecule has 2 aromatic carbocycles. The van der Waals surface area contributed by atoms with Gasteiger partial charge in [-0.15, -0.1) is 0 Å². The van der Waals surface area contributed by atoms with Crippen molar-refractivity contribution in [2.75, 3.05) is 0 Å². The second-order valence-corrected chi connectivity index (χ2v) is 4.71. The Hall–Kier alpha value is -2.69. The van der Waals surface area contributed by atoms with Crippen LogP contribution in [0.4, 0.5) is 0 Å². The van der Waals surface area contributed by atoms with E-state index in [4.69, 9.17) is 22.1 Å². The van der Waals surface area contributed by atoms with Crippen molar-refractivity contribution in [2.24, 2.45) is 10.2 Å². The smallest absolute Gasteiger partial charge is 0.169 e. The zero-order chi connectivity index (χ0) is 15.1. The normalized spacial score (nSPS) is 11.8. The van der Waals surface area contributed by atoms with Crippen molar-refractivity contribution in [2.45, 2.75) is 12.0 Å². The van der Waals surface area contributed by atoms with Gasteiger partial charge in [0.1, 0.15) is 0 Å². The Morgan fingerprint density at radius 2 is 1.43 bits per heavy atom. The summed E-state index contributed by atoms with van der Waals surface area (Å²) in [5.41, 5.74) is 2.37. The highest BCUT2D eigenvalue weighted by Crippen LogP contribution is 2.22. The van der Waals surface area contributed by atoms with Crippen molar-refractivity contribution in [1.29, 1.82) is 10.5 Å². The zero-order valence-electron chi connectivity index (χ0n) is 11.1. The van der Waals surface area contributed by atoms with Gasteiger partial charge >= 0.3 is 0 Å². The van der Waals surface area contributed by atoms with Crippen LogP contribution in [0.15, 0.2) is 58.8 Å². The van der Waals surface area contributed by atoms with Crippen LogP contribution in [-0.2, 0) is 6.54 Å². The van der Waals surface area contributed by atoms with Gasteiger partial charge in [0.05, 0.1) is 29.8 Å². The Morgan fingerprint density at radius 1 is 0.905 bits per heavy atom. The molecule has 1 atom stereocenters. The number of halogens is 1. The molecule has 2 aromatic rings. The Morgan fingerprint density at radius 3 is 1.95 bits per heavy atom. The maximum atomic E-state index is 8.73. The fourth-order valence-electron chi connectivity index (χ4n) is 1.66. The van der Waals surface area contributed by atoms with Crippen LogP contribution < -0.4 is 0 Å². The minimum Gasteiger partial charge on any atom is -0.192 e. The number of rotatable bonds is 4. The fraction of sp³-hybridized carbons (Fsp3) is 0.125. The molecule has 0 N–H and O–H groups in total. The SMILES string of the molecule is N#Cc1ccc(CN=NC(Cl)c2ccc(C#N)cc2)cc1. The van der Waals surface area contributed by atoms with Gasteiger partial charge in [0.15, 0.2) is 5.50 Å². The van der Waals surface area contributed by atoms with E-state index in [9.17, 15) is 0 Å². The monoisotopic (exact) mass is 294 g/mol. The van der Waals surface area contributed by atoms with Crippen molar-refractivity contribution in [1.82, 2.24) is 0 Å². The van der Waals surface area contributed by atoms with E-state index >= 15 is 0 Å². The molecule has 21 heavy (non-hydrogen) atoms. The van der Waals surface area contributed by atoms with Crippen molar-refractivity contribution in [3.05, 3.63) is 70.8 Å². The topological polar surface area (TPSA) is 72.3 Å². The lowest BCUT2D eigenvalue weighted by Gasteiger charge is -2.03. The van der Waals surface area contributed by atoms with E-state index in [0.717, 1.165) is 11.1 Å². The maximum Gasteiger partial charge on any atom is 0.169 e. The van der Waals surface area contributed by atoms with Gasteiger partial charge in [0.25, 0.3) is 0 Å². The van der Waals surface area contributed by atoms with Crippen molar-refractivity contribution < 1.29 is 0 Å². The number of nitriles is 2. The molecular formula is C16H11ClN4. The molecule has 0 spiro atoms. The van der Waals surface area contributed by atoms with E-state index < -0.39 is 5.50 Å². The van der Waals surface area contributed by atoms with Crippen LogP contribution in [0.25, 0.3) is 0 Å². The molecule has 0 saturated heterocycles. The highest BCUT2D eigenvalue weighted by molar-refractivity contribution is 6.20. The van der Waals surface area contributed by atoms with E-state index in [0.29, 0.717) is 17.7 Å². The summed E-state index contributed by atoms with van der Waals surface area (Å²) >= 11 is 6.13. The Balaban J connectivity index is 1.96. The first-order chi connectivity index (χ1) is 10.2. The van der Waals surface area contributed by atoms with Crippen LogP contribution in [0.1, 0.15) is 27.8 Å². The van der Waals surface area contributed by atoms with Crippen LogP contribution in [0.3, 0.4) is 0 Å². The average molecular weight is 295 g/mol. The first-order valence-electron chi connectivity index (χ1n) is 6.22. The first-order valence-corrected chi connectivity index (χ1v) is 6.66. The predicted molar refractivity (Wildman–Crippen MR) is 79.5 cm³/mol. The Bertz CT molecular complexity index is 706. The molecule has 102 valence electrons. The number of benzene rings is 2. The summed E-state index contributed by atoms with van der Waals surface area (Å²) < 4.78 is 0. The highest BCUT2D eigenvalue weighted by Gasteiger charge is 2.05. The number of alkyl halides is 1. The third kappa shape index (κ3) is 4.14. The van der Waals surface area contributed by atoms with Gasteiger partial charge in [-0.3, -0.25) is 0 Å². The molecule has 0 radical (unpaired) electrons. The summed E-state index contributed by atoms with van der Waals surface area (Å²) in [5, 5.41) is 25.5. The van der Waals surface area contributed by atoms with Gasteiger partial charge < -0.3 is 0 Å². The van der Waals surface area contributed by atoms with Gasteiger partial charge in [-0.25, -0.2) is 0 Å². The average Bonchev–Trinajstić information content (AvgIpc) is 2.55. The molecule has 0 aromatic heterocycles. The molecule has 1 unspecified atom stereocenters.